The maximum atomic E-state index is 14.5. The van der Waals surface area contributed by atoms with E-state index in [-0.39, 0.29) is 39.0 Å². The van der Waals surface area contributed by atoms with E-state index in [9.17, 15) is 27.5 Å². The number of hydrogen-bond acceptors (Lipinski definition) is 7. The summed E-state index contributed by atoms with van der Waals surface area (Å²) >= 11 is 6.12. The summed E-state index contributed by atoms with van der Waals surface area (Å²) in [5.41, 5.74) is 6.06. The molecule has 3 heterocycles. The highest BCUT2D eigenvalue weighted by molar-refractivity contribution is 6.30. The molecule has 2 aliphatic rings. The van der Waals surface area contributed by atoms with Crippen LogP contribution in [0.3, 0.4) is 0 Å². The number of hydrogen-bond donors (Lipinski definition) is 3. The summed E-state index contributed by atoms with van der Waals surface area (Å²) in [6.07, 6.45) is -5.48. The second-order valence-electron chi connectivity index (χ2n) is 10.6. The fourth-order valence-corrected chi connectivity index (χ4v) is 5.70. The van der Waals surface area contributed by atoms with Gasteiger partial charge in [0.15, 0.2) is 0 Å². The van der Waals surface area contributed by atoms with Crippen LogP contribution in [0.15, 0.2) is 42.5 Å². The molecule has 2 fully saturated rings. The molecule has 2 aliphatic heterocycles. The number of benzene rings is 2. The first-order chi connectivity index (χ1) is 19.3. The van der Waals surface area contributed by atoms with Crippen LogP contribution in [-0.4, -0.2) is 52.9 Å². The number of alkyl halides is 3. The highest BCUT2D eigenvalue weighted by Crippen LogP contribution is 2.43. The largest absolute Gasteiger partial charge is 0.480 e. The predicted octanol–water partition coefficient (Wildman–Crippen LogP) is 5.54. The topological polar surface area (TPSA) is 114 Å². The number of anilines is 2. The minimum atomic E-state index is -4.88. The van der Waals surface area contributed by atoms with Crippen LogP contribution in [0, 0.1) is 18.2 Å². The molecule has 2 aromatic carbocycles. The van der Waals surface area contributed by atoms with E-state index >= 15 is 0 Å². The van der Waals surface area contributed by atoms with Gasteiger partial charge in [0.25, 0.3) is 0 Å². The minimum Gasteiger partial charge on any atom is -0.480 e. The molecule has 3 aromatic rings. The summed E-state index contributed by atoms with van der Waals surface area (Å²) in [5.74, 6) is -1.78. The number of carbonyl (C=O) groups is 1. The van der Waals surface area contributed by atoms with Crippen LogP contribution in [-0.2, 0) is 4.79 Å². The van der Waals surface area contributed by atoms with Crippen molar-refractivity contribution in [2.24, 2.45) is 5.41 Å². The molecule has 2 atom stereocenters. The summed E-state index contributed by atoms with van der Waals surface area (Å²) in [6.45, 7) is 3.15. The Morgan fingerprint density at radius 2 is 1.93 bits per heavy atom. The maximum absolute atomic E-state index is 14.5. The van der Waals surface area contributed by atoms with Gasteiger partial charge in [-0.1, -0.05) is 29.8 Å². The van der Waals surface area contributed by atoms with E-state index in [0.29, 0.717) is 50.3 Å². The van der Waals surface area contributed by atoms with Gasteiger partial charge < -0.3 is 25.8 Å². The Balaban J connectivity index is 1.42. The normalized spacial score (nSPS) is 19.4. The molecule has 0 bridgehead atoms. The maximum Gasteiger partial charge on any atom is 0.429 e. The highest BCUT2D eigenvalue weighted by Gasteiger charge is 2.46. The van der Waals surface area contributed by atoms with E-state index in [1.165, 1.54) is 36.4 Å². The second kappa shape index (κ2) is 11.0. The van der Waals surface area contributed by atoms with E-state index < -0.39 is 30.1 Å². The third-order valence-electron chi connectivity index (χ3n) is 7.83. The van der Waals surface area contributed by atoms with Crippen molar-refractivity contribution in [3.63, 3.8) is 0 Å². The molecule has 218 valence electrons. The first-order valence-corrected chi connectivity index (χ1v) is 13.4. The standard InChI is InChI=1S/C28H28ClF4N5O3/c1-15-2-3-16(10-20(15)30)19-11-17(29)4-5-18(19)24(28(31,32)33)41-23-12-22(36-26(34)37-23)38-8-6-27(7-9-38)13-21(25(39)40)35-14-27/h2-5,10-12,21,24,35H,6-9,13-14H2,1H3,(H,39,40)(H2,34,36,37)/t21?,24-/m1/s1. The number of rotatable bonds is 6. The molecule has 0 aliphatic carbocycles. The number of carboxylic acid groups (broad SMARTS) is 1. The van der Waals surface area contributed by atoms with Gasteiger partial charge in [0.2, 0.25) is 17.9 Å². The smallest absolute Gasteiger partial charge is 0.429 e. The fourth-order valence-electron chi connectivity index (χ4n) is 5.53. The van der Waals surface area contributed by atoms with Crippen LogP contribution < -0.4 is 20.7 Å². The number of aromatic nitrogens is 2. The Morgan fingerprint density at radius 1 is 1.20 bits per heavy atom. The number of nitrogens with zero attached hydrogens (tertiary/aromatic N) is 3. The molecule has 0 saturated carbocycles. The lowest BCUT2D eigenvalue weighted by Gasteiger charge is -2.39. The Hall–Kier alpha value is -3.64. The average molecular weight is 594 g/mol. The van der Waals surface area contributed by atoms with Crippen LogP contribution in [0.2, 0.25) is 5.02 Å². The van der Waals surface area contributed by atoms with E-state index in [2.05, 4.69) is 15.3 Å². The van der Waals surface area contributed by atoms with Crippen molar-refractivity contribution in [2.45, 2.75) is 44.5 Å². The molecular formula is C28H28ClF4N5O3. The molecule has 2 saturated heterocycles. The minimum absolute atomic E-state index is 0.0622. The number of nitrogens with one attached hydrogen (secondary N) is 1. The zero-order valence-corrected chi connectivity index (χ0v) is 22.8. The van der Waals surface area contributed by atoms with Crippen molar-refractivity contribution >= 4 is 29.3 Å². The van der Waals surface area contributed by atoms with Crippen LogP contribution in [0.1, 0.15) is 36.5 Å². The van der Waals surface area contributed by atoms with Crippen molar-refractivity contribution in [2.75, 3.05) is 30.3 Å². The molecule has 41 heavy (non-hydrogen) atoms. The molecule has 13 heteroatoms. The number of piperidine rings is 1. The summed E-state index contributed by atoms with van der Waals surface area (Å²) in [4.78, 5) is 21.4. The van der Waals surface area contributed by atoms with Gasteiger partial charge in [-0.3, -0.25) is 4.79 Å². The third-order valence-corrected chi connectivity index (χ3v) is 8.06. The van der Waals surface area contributed by atoms with Gasteiger partial charge in [-0.15, -0.1) is 0 Å². The van der Waals surface area contributed by atoms with Gasteiger partial charge in [0, 0.05) is 36.3 Å². The molecule has 0 radical (unpaired) electrons. The zero-order chi connectivity index (χ0) is 29.5. The Labute approximate surface area is 238 Å². The molecule has 4 N–H and O–H groups in total. The van der Waals surface area contributed by atoms with E-state index in [1.807, 2.05) is 4.90 Å². The first-order valence-electron chi connectivity index (χ1n) is 13.0. The summed E-state index contributed by atoms with van der Waals surface area (Å²) < 4.78 is 63.3. The number of ether oxygens (including phenoxy) is 1. The lowest BCUT2D eigenvalue weighted by atomic mass is 9.76. The van der Waals surface area contributed by atoms with Gasteiger partial charge in [-0.05, 0) is 66.5 Å². The Kier molecular flexibility index (Phi) is 7.73. The SMILES string of the molecule is Cc1ccc(-c2cc(Cl)ccc2[C@@H](Oc2cc(N3CCC4(CC3)CNC(C(=O)O)C4)nc(N)n2)C(F)(F)F)cc1F. The van der Waals surface area contributed by atoms with Crippen molar-refractivity contribution in [3.05, 3.63) is 64.4 Å². The third kappa shape index (κ3) is 6.18. The number of nitrogen functional groups attached to an aromatic ring is 1. The van der Waals surface area contributed by atoms with Crippen molar-refractivity contribution in [1.82, 2.24) is 15.3 Å². The van der Waals surface area contributed by atoms with Crippen LogP contribution in [0.25, 0.3) is 11.1 Å². The van der Waals surface area contributed by atoms with Gasteiger partial charge in [0.05, 0.1) is 0 Å². The lowest BCUT2D eigenvalue weighted by molar-refractivity contribution is -0.198. The van der Waals surface area contributed by atoms with Gasteiger partial charge in [-0.2, -0.15) is 23.1 Å². The molecule has 1 aromatic heterocycles. The number of aryl methyl sites for hydroxylation is 1. The van der Waals surface area contributed by atoms with Gasteiger partial charge >= 0.3 is 12.1 Å². The van der Waals surface area contributed by atoms with Crippen LogP contribution in [0.5, 0.6) is 5.88 Å². The number of halogens is 5. The molecule has 0 amide bonds. The molecule has 1 spiro atoms. The number of carboxylic acids is 1. The molecule has 1 unspecified atom stereocenters. The van der Waals surface area contributed by atoms with E-state index in [4.69, 9.17) is 22.1 Å². The predicted molar refractivity (Wildman–Crippen MR) is 145 cm³/mol. The molecule has 5 rings (SSSR count). The number of aliphatic carboxylic acids is 1. The number of nitrogens with two attached hydrogens (primary N) is 1. The summed E-state index contributed by atoms with van der Waals surface area (Å²) in [6, 6.07) is 8.70. The van der Waals surface area contributed by atoms with Crippen molar-refractivity contribution < 1.29 is 32.2 Å². The first kappa shape index (κ1) is 28.9. The van der Waals surface area contributed by atoms with Crippen LogP contribution in [0.4, 0.5) is 29.3 Å². The van der Waals surface area contributed by atoms with Gasteiger partial charge in [-0.25, -0.2) is 4.39 Å². The average Bonchev–Trinajstić information content (AvgIpc) is 3.32. The monoisotopic (exact) mass is 593 g/mol. The van der Waals surface area contributed by atoms with Crippen molar-refractivity contribution in [1.29, 1.82) is 0 Å². The highest BCUT2D eigenvalue weighted by atomic mass is 35.5. The van der Waals surface area contributed by atoms with Crippen LogP contribution >= 0.6 is 11.6 Å². The lowest BCUT2D eigenvalue weighted by Crippen LogP contribution is -2.41. The molecular weight excluding hydrogens is 566 g/mol. The summed E-state index contributed by atoms with van der Waals surface area (Å²) in [7, 11) is 0. The Bertz CT molecular complexity index is 1460. The Morgan fingerprint density at radius 3 is 2.56 bits per heavy atom. The fraction of sp³-hybridized carbons (Fsp3) is 0.393. The van der Waals surface area contributed by atoms with Crippen molar-refractivity contribution in [3.8, 4) is 17.0 Å². The second-order valence-corrected chi connectivity index (χ2v) is 11.1. The summed E-state index contributed by atoms with van der Waals surface area (Å²) in [5, 5.41) is 12.5. The zero-order valence-electron chi connectivity index (χ0n) is 22.0. The molecule has 8 nitrogen and oxygen atoms in total. The quantitative estimate of drug-likeness (QED) is 0.319. The van der Waals surface area contributed by atoms with E-state index in [1.54, 1.807) is 6.92 Å². The van der Waals surface area contributed by atoms with E-state index in [0.717, 1.165) is 6.07 Å². The van der Waals surface area contributed by atoms with Gasteiger partial charge in [0.1, 0.15) is 17.7 Å².